The van der Waals surface area contributed by atoms with Crippen LogP contribution >= 0.6 is 0 Å². The molecule has 1 N–H and O–H groups in total. The fourth-order valence-corrected chi connectivity index (χ4v) is 5.14. The lowest BCUT2D eigenvalue weighted by Crippen LogP contribution is -2.53. The van der Waals surface area contributed by atoms with E-state index in [4.69, 9.17) is 0 Å². The van der Waals surface area contributed by atoms with E-state index in [1.165, 1.54) is 4.90 Å². The minimum absolute atomic E-state index is 0.0414. The number of amides is 2. The van der Waals surface area contributed by atoms with Crippen LogP contribution < -0.4 is 9.62 Å². The number of benzene rings is 2. The number of sulfonamides is 1. The van der Waals surface area contributed by atoms with Crippen LogP contribution in [0.2, 0.25) is 0 Å². The van der Waals surface area contributed by atoms with Gasteiger partial charge >= 0.3 is 0 Å². The Hall–Kier alpha value is -3.01. The highest BCUT2D eigenvalue weighted by atomic mass is 32.2. The molecule has 1 aliphatic rings. The van der Waals surface area contributed by atoms with Crippen LogP contribution in [0.1, 0.15) is 50.2 Å². The summed E-state index contributed by atoms with van der Waals surface area (Å²) in [6, 6.07) is 9.23. The van der Waals surface area contributed by atoms with E-state index < -0.39 is 40.2 Å². The van der Waals surface area contributed by atoms with E-state index in [0.29, 0.717) is 4.31 Å². The van der Waals surface area contributed by atoms with Crippen molar-refractivity contribution in [1.29, 1.82) is 0 Å². The van der Waals surface area contributed by atoms with Gasteiger partial charge in [0.2, 0.25) is 21.8 Å². The molecule has 0 unspecified atom stereocenters. The molecule has 1 fully saturated rings. The van der Waals surface area contributed by atoms with Gasteiger partial charge in [-0.05, 0) is 44.4 Å². The van der Waals surface area contributed by atoms with Crippen LogP contribution in [0.5, 0.6) is 0 Å². The van der Waals surface area contributed by atoms with Gasteiger partial charge in [-0.2, -0.15) is 0 Å². The molecular formula is C26H33F2N3O4S. The van der Waals surface area contributed by atoms with E-state index in [0.717, 1.165) is 67.7 Å². The van der Waals surface area contributed by atoms with Gasteiger partial charge < -0.3 is 10.2 Å². The average Bonchev–Trinajstić information content (AvgIpc) is 2.83. The first-order valence-electron chi connectivity index (χ1n) is 12.0. The van der Waals surface area contributed by atoms with Crippen LogP contribution in [0, 0.1) is 18.6 Å². The van der Waals surface area contributed by atoms with Crippen LogP contribution in [-0.4, -0.2) is 50.0 Å². The van der Waals surface area contributed by atoms with Crippen molar-refractivity contribution in [2.75, 3.05) is 17.1 Å². The number of anilines is 1. The van der Waals surface area contributed by atoms with Gasteiger partial charge in [0.1, 0.15) is 12.6 Å². The Kier molecular flexibility index (Phi) is 9.05. The van der Waals surface area contributed by atoms with Crippen LogP contribution in [0.25, 0.3) is 0 Å². The summed E-state index contributed by atoms with van der Waals surface area (Å²) in [6.07, 6.45) is 5.83. The molecule has 36 heavy (non-hydrogen) atoms. The number of nitrogens with one attached hydrogen (secondary N) is 1. The lowest BCUT2D eigenvalue weighted by molar-refractivity contribution is -0.139. The zero-order valence-corrected chi connectivity index (χ0v) is 21.7. The van der Waals surface area contributed by atoms with Gasteiger partial charge in [0.15, 0.2) is 11.6 Å². The molecule has 0 aromatic heterocycles. The quantitative estimate of drug-likeness (QED) is 0.542. The summed E-state index contributed by atoms with van der Waals surface area (Å²) in [7, 11) is -4.03. The molecule has 0 radical (unpaired) electrons. The number of rotatable bonds is 9. The summed E-state index contributed by atoms with van der Waals surface area (Å²) in [5, 5.41) is 3.02. The summed E-state index contributed by atoms with van der Waals surface area (Å²) >= 11 is 0. The van der Waals surface area contributed by atoms with Crippen LogP contribution in [-0.2, 0) is 26.2 Å². The Morgan fingerprint density at radius 3 is 2.25 bits per heavy atom. The van der Waals surface area contributed by atoms with Crippen molar-refractivity contribution < 1.29 is 26.8 Å². The maximum atomic E-state index is 13.9. The molecule has 2 amide bonds. The van der Waals surface area contributed by atoms with E-state index in [9.17, 15) is 26.8 Å². The fourth-order valence-electron chi connectivity index (χ4n) is 4.30. The van der Waals surface area contributed by atoms with Gasteiger partial charge in [0, 0.05) is 18.7 Å². The third-order valence-electron chi connectivity index (χ3n) is 6.46. The molecule has 0 aliphatic heterocycles. The Morgan fingerprint density at radius 2 is 1.67 bits per heavy atom. The SMILES string of the molecule is Cc1ccc(CN(C(=O)CN(c2ccc(F)c(F)c2)S(C)(=O)=O)[C@H](C)C(=O)NC2CCCCC2)cc1. The molecule has 2 aromatic rings. The largest absolute Gasteiger partial charge is 0.352 e. The third kappa shape index (κ3) is 7.25. The molecule has 0 spiro atoms. The summed E-state index contributed by atoms with van der Waals surface area (Å²) in [6.45, 7) is 2.94. The highest BCUT2D eigenvalue weighted by Gasteiger charge is 2.31. The van der Waals surface area contributed by atoms with Crippen molar-refractivity contribution in [2.24, 2.45) is 0 Å². The van der Waals surface area contributed by atoms with Crippen molar-refractivity contribution >= 4 is 27.5 Å². The smallest absolute Gasteiger partial charge is 0.244 e. The molecule has 0 saturated heterocycles. The normalized spacial score (nSPS) is 15.2. The summed E-state index contributed by atoms with van der Waals surface area (Å²) in [4.78, 5) is 27.9. The van der Waals surface area contributed by atoms with Crippen LogP contribution in [0.15, 0.2) is 42.5 Å². The second-order valence-electron chi connectivity index (χ2n) is 9.39. The number of halogens is 2. The van der Waals surface area contributed by atoms with Crippen molar-refractivity contribution in [3.63, 3.8) is 0 Å². The number of nitrogens with zero attached hydrogens (tertiary/aromatic N) is 2. The maximum absolute atomic E-state index is 13.9. The second-order valence-corrected chi connectivity index (χ2v) is 11.3. The van der Waals surface area contributed by atoms with Gasteiger partial charge in [-0.15, -0.1) is 0 Å². The molecule has 1 atom stereocenters. The molecular weight excluding hydrogens is 488 g/mol. The monoisotopic (exact) mass is 521 g/mol. The van der Waals surface area contributed by atoms with E-state index >= 15 is 0 Å². The molecule has 3 rings (SSSR count). The van der Waals surface area contributed by atoms with Crippen LogP contribution in [0.3, 0.4) is 0 Å². The molecule has 0 heterocycles. The van der Waals surface area contributed by atoms with Crippen molar-refractivity contribution in [3.05, 3.63) is 65.2 Å². The second kappa shape index (κ2) is 11.8. The van der Waals surface area contributed by atoms with Gasteiger partial charge in [-0.3, -0.25) is 13.9 Å². The number of hydrogen-bond donors (Lipinski definition) is 1. The molecule has 0 bridgehead atoms. The molecule has 1 aliphatic carbocycles. The molecule has 7 nitrogen and oxygen atoms in total. The average molecular weight is 522 g/mol. The lowest BCUT2D eigenvalue weighted by atomic mass is 9.95. The van der Waals surface area contributed by atoms with Gasteiger partial charge in [0.05, 0.1) is 11.9 Å². The Labute approximate surface area is 211 Å². The lowest BCUT2D eigenvalue weighted by Gasteiger charge is -2.33. The Morgan fingerprint density at radius 1 is 1.03 bits per heavy atom. The predicted octanol–water partition coefficient (Wildman–Crippen LogP) is 3.91. The predicted molar refractivity (Wildman–Crippen MR) is 135 cm³/mol. The number of aryl methyl sites for hydroxylation is 1. The topological polar surface area (TPSA) is 86.8 Å². The van der Waals surface area contributed by atoms with Gasteiger partial charge in [-0.1, -0.05) is 49.1 Å². The third-order valence-corrected chi connectivity index (χ3v) is 7.60. The maximum Gasteiger partial charge on any atom is 0.244 e. The minimum Gasteiger partial charge on any atom is -0.352 e. The highest BCUT2D eigenvalue weighted by Crippen LogP contribution is 2.22. The van der Waals surface area contributed by atoms with Gasteiger partial charge in [-0.25, -0.2) is 17.2 Å². The van der Waals surface area contributed by atoms with E-state index in [-0.39, 0.29) is 24.2 Å². The van der Waals surface area contributed by atoms with E-state index in [1.54, 1.807) is 6.92 Å². The molecule has 1 saturated carbocycles. The zero-order valence-electron chi connectivity index (χ0n) is 20.8. The Bertz CT molecular complexity index is 1180. The highest BCUT2D eigenvalue weighted by molar-refractivity contribution is 7.92. The minimum atomic E-state index is -4.03. The number of carbonyl (C=O) groups is 2. The summed E-state index contributed by atoms with van der Waals surface area (Å²) in [5.41, 5.74) is 1.62. The summed E-state index contributed by atoms with van der Waals surface area (Å²) < 4.78 is 53.0. The molecule has 2 aromatic carbocycles. The molecule has 10 heteroatoms. The number of carbonyl (C=O) groups excluding carboxylic acids is 2. The van der Waals surface area contributed by atoms with Crippen molar-refractivity contribution in [2.45, 2.75) is 64.6 Å². The Balaban J connectivity index is 1.87. The fraction of sp³-hybridized carbons (Fsp3) is 0.462. The first-order chi connectivity index (χ1) is 17.0. The zero-order chi connectivity index (χ0) is 26.5. The summed E-state index contributed by atoms with van der Waals surface area (Å²) in [5.74, 6) is -3.32. The first-order valence-corrected chi connectivity index (χ1v) is 13.9. The van der Waals surface area contributed by atoms with Crippen molar-refractivity contribution in [1.82, 2.24) is 10.2 Å². The molecule has 196 valence electrons. The standard InChI is InChI=1S/C26H33F2N3O4S/c1-18-9-11-20(12-10-18)16-30(19(2)26(33)29-21-7-5-4-6-8-21)25(32)17-31(36(3,34)35)22-13-14-23(27)24(28)15-22/h9-15,19,21H,4-8,16-17H2,1-3H3,(H,29,33)/t19-/m1/s1. The van der Waals surface area contributed by atoms with Gasteiger partial charge in [0.25, 0.3) is 0 Å². The first kappa shape index (κ1) is 27.6. The van der Waals surface area contributed by atoms with E-state index in [1.807, 2.05) is 31.2 Å². The number of hydrogen-bond acceptors (Lipinski definition) is 4. The van der Waals surface area contributed by atoms with E-state index in [2.05, 4.69) is 5.32 Å². The van der Waals surface area contributed by atoms with Crippen molar-refractivity contribution in [3.8, 4) is 0 Å². The van der Waals surface area contributed by atoms with Crippen LogP contribution in [0.4, 0.5) is 14.5 Å².